The lowest BCUT2D eigenvalue weighted by atomic mass is 10.2. The fourth-order valence-corrected chi connectivity index (χ4v) is 3.03. The summed E-state index contributed by atoms with van der Waals surface area (Å²) in [7, 11) is 0. The second-order valence-corrected chi connectivity index (χ2v) is 6.29. The molecule has 1 amide bonds. The minimum atomic E-state index is -0.445. The topological polar surface area (TPSA) is 79.3 Å². The van der Waals surface area contributed by atoms with Crippen molar-refractivity contribution in [2.75, 3.05) is 5.32 Å². The van der Waals surface area contributed by atoms with E-state index in [4.69, 9.17) is 0 Å². The molecule has 0 bridgehead atoms. The van der Waals surface area contributed by atoms with E-state index in [1.54, 1.807) is 19.3 Å². The number of fused-ring (bicyclic) bond motifs is 1. The van der Waals surface area contributed by atoms with Crippen LogP contribution in [0.5, 0.6) is 0 Å². The molecule has 0 unspecified atom stereocenters. The highest BCUT2D eigenvalue weighted by molar-refractivity contribution is 7.22. The number of carbonyl (C=O) groups excluding carboxylic acids is 1. The van der Waals surface area contributed by atoms with Crippen LogP contribution in [-0.4, -0.2) is 27.6 Å². The molecule has 0 aliphatic carbocycles. The minimum Gasteiger partial charge on any atom is -0.350 e. The van der Waals surface area contributed by atoms with Gasteiger partial charge in [0.25, 0.3) is 5.91 Å². The summed E-state index contributed by atoms with van der Waals surface area (Å²) in [6, 6.07) is 11.1. The normalized spacial score (nSPS) is 12.8. The van der Waals surface area contributed by atoms with Crippen molar-refractivity contribution in [1.82, 2.24) is 15.4 Å². The molecule has 1 aromatic carbocycles. The van der Waals surface area contributed by atoms with Crippen molar-refractivity contribution in [2.24, 2.45) is 5.10 Å². The van der Waals surface area contributed by atoms with Crippen molar-refractivity contribution in [2.45, 2.75) is 19.9 Å². The van der Waals surface area contributed by atoms with Crippen LogP contribution in [0.15, 0.2) is 53.9 Å². The number of nitrogens with one attached hydrogen (secondary N) is 2. The van der Waals surface area contributed by atoms with Crippen molar-refractivity contribution in [3.05, 3.63) is 54.4 Å². The second kappa shape index (κ2) is 7.18. The average molecular weight is 339 g/mol. The van der Waals surface area contributed by atoms with E-state index in [1.807, 2.05) is 43.3 Å². The number of benzene rings is 1. The average Bonchev–Trinajstić information content (AvgIpc) is 3.02. The van der Waals surface area contributed by atoms with Gasteiger partial charge in [-0.2, -0.15) is 5.10 Å². The van der Waals surface area contributed by atoms with Crippen LogP contribution in [0.1, 0.15) is 19.4 Å². The molecule has 0 fully saturated rings. The Bertz CT molecular complexity index is 842. The smallest absolute Gasteiger partial charge is 0.262 e. The highest BCUT2D eigenvalue weighted by Gasteiger charge is 2.14. The highest BCUT2D eigenvalue weighted by Crippen LogP contribution is 2.25. The third-order valence-electron chi connectivity index (χ3n) is 3.46. The van der Waals surface area contributed by atoms with E-state index in [9.17, 15) is 4.79 Å². The Kier molecular flexibility index (Phi) is 4.81. The van der Waals surface area contributed by atoms with Crippen LogP contribution in [-0.2, 0) is 4.79 Å². The van der Waals surface area contributed by atoms with Gasteiger partial charge in [-0.05, 0) is 38.1 Å². The summed E-state index contributed by atoms with van der Waals surface area (Å²) in [6.45, 7) is 3.61. The fourth-order valence-electron chi connectivity index (χ4n) is 2.08. The molecule has 6 nitrogen and oxygen atoms in total. The lowest BCUT2D eigenvalue weighted by molar-refractivity contribution is -0.121. The van der Waals surface area contributed by atoms with Crippen molar-refractivity contribution < 1.29 is 4.79 Å². The van der Waals surface area contributed by atoms with E-state index in [-0.39, 0.29) is 5.91 Å². The molecule has 0 spiro atoms. The van der Waals surface area contributed by atoms with Gasteiger partial charge in [0.05, 0.1) is 15.9 Å². The first-order chi connectivity index (χ1) is 11.6. The Balaban J connectivity index is 1.62. The first-order valence-corrected chi connectivity index (χ1v) is 8.32. The van der Waals surface area contributed by atoms with Gasteiger partial charge in [-0.1, -0.05) is 23.5 Å². The van der Waals surface area contributed by atoms with E-state index < -0.39 is 6.04 Å². The fraction of sp³-hybridized carbons (Fsp3) is 0.176. The number of aromatic nitrogens is 2. The number of rotatable bonds is 5. The van der Waals surface area contributed by atoms with Gasteiger partial charge < -0.3 is 5.32 Å². The van der Waals surface area contributed by atoms with Crippen LogP contribution in [0.25, 0.3) is 10.2 Å². The van der Waals surface area contributed by atoms with E-state index in [0.29, 0.717) is 5.13 Å². The number of hydrogen-bond acceptors (Lipinski definition) is 6. The van der Waals surface area contributed by atoms with Gasteiger partial charge in [0, 0.05) is 18.0 Å². The standard InChI is InChI=1S/C17H17N5OS/c1-11(13-7-9-18-10-8-13)21-22-16(23)12(2)19-17-20-14-5-3-4-6-15(14)24-17/h3-10,12H,1-2H3,(H,19,20)(H,22,23)/b21-11-/t12-/m1/s1. The molecule has 1 atom stereocenters. The van der Waals surface area contributed by atoms with Crippen molar-refractivity contribution in [3.63, 3.8) is 0 Å². The van der Waals surface area contributed by atoms with Gasteiger partial charge in [-0.15, -0.1) is 0 Å². The molecule has 24 heavy (non-hydrogen) atoms. The molecule has 2 heterocycles. The van der Waals surface area contributed by atoms with Gasteiger partial charge >= 0.3 is 0 Å². The molecule has 0 saturated carbocycles. The number of amides is 1. The Morgan fingerprint density at radius 3 is 2.71 bits per heavy atom. The minimum absolute atomic E-state index is 0.220. The number of hydrazone groups is 1. The number of para-hydroxylation sites is 1. The van der Waals surface area contributed by atoms with E-state index in [1.165, 1.54) is 11.3 Å². The van der Waals surface area contributed by atoms with Gasteiger partial charge in [-0.25, -0.2) is 10.4 Å². The van der Waals surface area contributed by atoms with E-state index >= 15 is 0 Å². The first-order valence-electron chi connectivity index (χ1n) is 7.50. The molecule has 122 valence electrons. The number of hydrogen-bond donors (Lipinski definition) is 2. The first kappa shape index (κ1) is 16.1. The summed E-state index contributed by atoms with van der Waals surface area (Å²) in [6.07, 6.45) is 3.38. The third kappa shape index (κ3) is 3.75. The molecule has 7 heteroatoms. The maximum absolute atomic E-state index is 12.2. The van der Waals surface area contributed by atoms with Crippen LogP contribution in [0.3, 0.4) is 0 Å². The Hall–Kier alpha value is -2.80. The lowest BCUT2D eigenvalue weighted by Crippen LogP contribution is -2.35. The van der Waals surface area contributed by atoms with Crippen LogP contribution in [0, 0.1) is 0 Å². The maximum Gasteiger partial charge on any atom is 0.262 e. The van der Waals surface area contributed by atoms with Crippen molar-refractivity contribution in [1.29, 1.82) is 0 Å². The number of nitrogens with zero attached hydrogens (tertiary/aromatic N) is 3. The van der Waals surface area contributed by atoms with Gasteiger partial charge in [0.15, 0.2) is 5.13 Å². The number of anilines is 1. The zero-order valence-electron chi connectivity index (χ0n) is 13.4. The Labute approximate surface area is 143 Å². The van der Waals surface area contributed by atoms with E-state index in [0.717, 1.165) is 21.5 Å². The number of pyridine rings is 1. The predicted octanol–water partition coefficient (Wildman–Crippen LogP) is 3.03. The third-order valence-corrected chi connectivity index (χ3v) is 4.43. The summed E-state index contributed by atoms with van der Waals surface area (Å²) >= 11 is 1.52. The van der Waals surface area contributed by atoms with Crippen molar-refractivity contribution in [3.8, 4) is 0 Å². The van der Waals surface area contributed by atoms with Crippen LogP contribution >= 0.6 is 11.3 Å². The maximum atomic E-state index is 12.2. The molecule has 2 N–H and O–H groups in total. The summed E-state index contributed by atoms with van der Waals surface area (Å²) in [5.74, 6) is -0.220. The molecule has 3 rings (SSSR count). The molecule has 0 radical (unpaired) electrons. The van der Waals surface area contributed by atoms with Crippen LogP contribution < -0.4 is 10.7 Å². The summed E-state index contributed by atoms with van der Waals surface area (Å²) < 4.78 is 1.08. The van der Waals surface area contributed by atoms with Crippen molar-refractivity contribution >= 4 is 38.3 Å². The molecule has 0 aliphatic heterocycles. The highest BCUT2D eigenvalue weighted by atomic mass is 32.1. The Morgan fingerprint density at radius 2 is 1.96 bits per heavy atom. The monoisotopic (exact) mass is 339 g/mol. The molecule has 2 aromatic heterocycles. The largest absolute Gasteiger partial charge is 0.350 e. The molecule has 0 aliphatic rings. The number of carbonyl (C=O) groups is 1. The molecular formula is C17H17N5OS. The Morgan fingerprint density at radius 1 is 1.21 bits per heavy atom. The van der Waals surface area contributed by atoms with E-state index in [2.05, 4.69) is 25.8 Å². The summed E-state index contributed by atoms with van der Waals surface area (Å²) in [5.41, 5.74) is 5.13. The molecule has 3 aromatic rings. The summed E-state index contributed by atoms with van der Waals surface area (Å²) in [5, 5.41) is 7.96. The summed E-state index contributed by atoms with van der Waals surface area (Å²) in [4.78, 5) is 20.6. The van der Waals surface area contributed by atoms with Crippen LogP contribution in [0.4, 0.5) is 5.13 Å². The van der Waals surface area contributed by atoms with Gasteiger partial charge in [0.1, 0.15) is 6.04 Å². The molecular weight excluding hydrogens is 322 g/mol. The predicted molar refractivity (Wildman–Crippen MR) is 97.3 cm³/mol. The number of thiazole rings is 1. The quantitative estimate of drug-likeness (QED) is 0.553. The van der Waals surface area contributed by atoms with Gasteiger partial charge in [0.2, 0.25) is 0 Å². The van der Waals surface area contributed by atoms with Crippen LogP contribution in [0.2, 0.25) is 0 Å². The SMILES string of the molecule is C/C(=N/NC(=O)[C@@H](C)Nc1nc2ccccc2s1)c1ccncc1. The van der Waals surface area contributed by atoms with Gasteiger partial charge in [-0.3, -0.25) is 9.78 Å². The molecule has 0 saturated heterocycles. The zero-order valence-corrected chi connectivity index (χ0v) is 14.2. The second-order valence-electron chi connectivity index (χ2n) is 5.26. The zero-order chi connectivity index (χ0) is 16.9. The lowest BCUT2D eigenvalue weighted by Gasteiger charge is -2.11.